The summed E-state index contributed by atoms with van der Waals surface area (Å²) in [6, 6.07) is 9.15. The lowest BCUT2D eigenvalue weighted by molar-refractivity contribution is -0.385. The van der Waals surface area contributed by atoms with E-state index in [0.29, 0.717) is 5.69 Å². The van der Waals surface area contributed by atoms with Crippen molar-refractivity contribution in [2.24, 2.45) is 0 Å². The van der Waals surface area contributed by atoms with Gasteiger partial charge in [0.1, 0.15) is 6.33 Å². The lowest BCUT2D eigenvalue weighted by atomic mass is 10.2. The average Bonchev–Trinajstić information content (AvgIpc) is 2.55. The Kier molecular flexibility index (Phi) is 3.96. The van der Waals surface area contributed by atoms with E-state index in [0.717, 1.165) is 10.9 Å². The molecular weight excluding hydrogens is 298 g/mol. The number of ether oxygens (including phenoxy) is 1. The van der Waals surface area contributed by atoms with Crippen LogP contribution in [0.25, 0.3) is 10.9 Å². The maximum Gasteiger partial charge on any atom is 0.373 e. The molecule has 116 valence electrons. The van der Waals surface area contributed by atoms with Crippen molar-refractivity contribution in [2.45, 2.75) is 6.92 Å². The Labute approximate surface area is 131 Å². The smallest absolute Gasteiger partial charge is 0.373 e. The molecule has 2 heterocycles. The third-order valence-corrected chi connectivity index (χ3v) is 3.15. The van der Waals surface area contributed by atoms with Crippen LogP contribution < -0.4 is 10.1 Å². The van der Waals surface area contributed by atoms with Crippen molar-refractivity contribution in [3.63, 3.8) is 0 Å². The van der Waals surface area contributed by atoms with E-state index in [9.17, 15) is 10.1 Å². The molecule has 3 aromatic rings. The molecule has 2 aromatic heterocycles. The van der Waals surface area contributed by atoms with E-state index in [1.807, 2.05) is 18.2 Å². The molecule has 8 nitrogen and oxygen atoms in total. The van der Waals surface area contributed by atoms with Gasteiger partial charge >= 0.3 is 5.69 Å². The van der Waals surface area contributed by atoms with Gasteiger partial charge in [0, 0.05) is 17.3 Å². The van der Waals surface area contributed by atoms with Gasteiger partial charge in [-0.15, -0.1) is 0 Å². The van der Waals surface area contributed by atoms with Crippen LogP contribution in [-0.4, -0.2) is 26.5 Å². The number of nitrogens with one attached hydrogen (secondary N) is 1. The van der Waals surface area contributed by atoms with Gasteiger partial charge in [0.25, 0.3) is 5.88 Å². The zero-order valence-corrected chi connectivity index (χ0v) is 12.3. The molecule has 0 aliphatic carbocycles. The van der Waals surface area contributed by atoms with Gasteiger partial charge in [-0.2, -0.15) is 4.98 Å². The molecule has 0 spiro atoms. The monoisotopic (exact) mass is 311 g/mol. The summed E-state index contributed by atoms with van der Waals surface area (Å²) >= 11 is 0. The van der Waals surface area contributed by atoms with Gasteiger partial charge in [0.05, 0.1) is 17.0 Å². The van der Waals surface area contributed by atoms with Crippen molar-refractivity contribution in [1.82, 2.24) is 15.0 Å². The number of pyridine rings is 1. The number of aromatic nitrogens is 3. The summed E-state index contributed by atoms with van der Waals surface area (Å²) in [5.74, 6) is 0.0122. The van der Waals surface area contributed by atoms with Gasteiger partial charge in [0.15, 0.2) is 0 Å². The van der Waals surface area contributed by atoms with E-state index in [1.165, 1.54) is 6.33 Å². The summed E-state index contributed by atoms with van der Waals surface area (Å²) in [6.45, 7) is 2.00. The molecule has 0 bridgehead atoms. The van der Waals surface area contributed by atoms with E-state index >= 15 is 0 Å². The normalized spacial score (nSPS) is 10.5. The zero-order chi connectivity index (χ0) is 16.2. The van der Waals surface area contributed by atoms with Gasteiger partial charge in [-0.1, -0.05) is 6.07 Å². The largest absolute Gasteiger partial charge is 0.473 e. The van der Waals surface area contributed by atoms with Crippen LogP contribution in [0.1, 0.15) is 6.92 Å². The number of hydrogen-bond donors (Lipinski definition) is 1. The van der Waals surface area contributed by atoms with Crippen LogP contribution in [-0.2, 0) is 0 Å². The minimum atomic E-state index is -0.559. The molecular formula is C15H13N5O3. The van der Waals surface area contributed by atoms with Crippen LogP contribution in [0.15, 0.2) is 42.9 Å². The summed E-state index contributed by atoms with van der Waals surface area (Å²) in [5.41, 5.74) is 1.15. The van der Waals surface area contributed by atoms with Gasteiger partial charge in [-0.05, 0) is 31.2 Å². The maximum atomic E-state index is 11.4. The summed E-state index contributed by atoms with van der Waals surface area (Å²) < 4.78 is 5.22. The summed E-state index contributed by atoms with van der Waals surface area (Å²) in [5, 5.41) is 15.2. The molecule has 23 heavy (non-hydrogen) atoms. The van der Waals surface area contributed by atoms with Crippen LogP contribution in [0.4, 0.5) is 17.2 Å². The molecule has 0 saturated carbocycles. The fourth-order valence-electron chi connectivity index (χ4n) is 2.20. The van der Waals surface area contributed by atoms with Crippen LogP contribution >= 0.6 is 0 Å². The van der Waals surface area contributed by atoms with Crippen molar-refractivity contribution in [1.29, 1.82) is 0 Å². The summed E-state index contributed by atoms with van der Waals surface area (Å²) in [6.07, 6.45) is 2.91. The Balaban J connectivity index is 2.09. The quantitative estimate of drug-likeness (QED) is 0.570. The van der Waals surface area contributed by atoms with E-state index in [1.54, 1.807) is 25.3 Å². The molecule has 0 saturated heterocycles. The van der Waals surface area contributed by atoms with Gasteiger partial charge in [0.2, 0.25) is 5.82 Å². The van der Waals surface area contributed by atoms with Gasteiger partial charge < -0.3 is 10.1 Å². The predicted octanol–water partition coefficient (Wildman–Crippen LogP) is 3.08. The number of fused-ring (bicyclic) bond motifs is 1. The molecule has 0 aliphatic heterocycles. The first kappa shape index (κ1) is 14.6. The number of benzene rings is 1. The Morgan fingerprint density at radius 2 is 2.09 bits per heavy atom. The SMILES string of the molecule is CCOc1ncnc(Nc2cccc3ncccc23)c1[N+](=O)[O-]. The molecule has 1 N–H and O–H groups in total. The number of nitrogens with zero attached hydrogens (tertiary/aromatic N) is 4. The molecule has 8 heteroatoms. The molecule has 0 aliphatic rings. The first-order valence-corrected chi connectivity index (χ1v) is 6.93. The van der Waals surface area contributed by atoms with E-state index < -0.39 is 4.92 Å². The number of nitro groups is 1. The minimum Gasteiger partial charge on any atom is -0.473 e. The third-order valence-electron chi connectivity index (χ3n) is 3.15. The highest BCUT2D eigenvalue weighted by Gasteiger charge is 2.24. The van der Waals surface area contributed by atoms with Crippen molar-refractivity contribution >= 4 is 28.1 Å². The highest BCUT2D eigenvalue weighted by atomic mass is 16.6. The number of anilines is 2. The number of hydrogen-bond acceptors (Lipinski definition) is 7. The minimum absolute atomic E-state index is 0.0617. The summed E-state index contributed by atoms with van der Waals surface area (Å²) in [7, 11) is 0. The predicted molar refractivity (Wildman–Crippen MR) is 84.9 cm³/mol. The van der Waals surface area contributed by atoms with Crippen molar-refractivity contribution in [3.05, 3.63) is 53.0 Å². The topological polar surface area (TPSA) is 103 Å². The van der Waals surface area contributed by atoms with Crippen molar-refractivity contribution < 1.29 is 9.66 Å². The van der Waals surface area contributed by atoms with Crippen LogP contribution in [0.2, 0.25) is 0 Å². The Morgan fingerprint density at radius 1 is 1.22 bits per heavy atom. The molecule has 0 radical (unpaired) electrons. The fourth-order valence-corrected chi connectivity index (χ4v) is 2.20. The standard InChI is InChI=1S/C15H13N5O3/c1-2-23-15-13(20(21)22)14(17-9-18-15)19-12-7-3-6-11-10(12)5-4-8-16-11/h3-9H,2H2,1H3,(H,17,18,19). The second-order valence-electron chi connectivity index (χ2n) is 4.57. The maximum absolute atomic E-state index is 11.4. The van der Waals surface area contributed by atoms with Crippen LogP contribution in [0, 0.1) is 10.1 Å². The van der Waals surface area contributed by atoms with Crippen molar-refractivity contribution in [3.8, 4) is 5.88 Å². The molecule has 1 aromatic carbocycles. The Hall–Kier alpha value is -3.29. The van der Waals surface area contributed by atoms with Crippen molar-refractivity contribution in [2.75, 3.05) is 11.9 Å². The lowest BCUT2D eigenvalue weighted by Gasteiger charge is -2.10. The second-order valence-corrected chi connectivity index (χ2v) is 4.57. The van der Waals surface area contributed by atoms with Crippen LogP contribution in [0.5, 0.6) is 5.88 Å². The Morgan fingerprint density at radius 3 is 2.87 bits per heavy atom. The first-order chi connectivity index (χ1) is 11.2. The lowest BCUT2D eigenvalue weighted by Crippen LogP contribution is -2.05. The van der Waals surface area contributed by atoms with Crippen LogP contribution in [0.3, 0.4) is 0 Å². The average molecular weight is 311 g/mol. The first-order valence-electron chi connectivity index (χ1n) is 6.93. The highest BCUT2D eigenvalue weighted by molar-refractivity contribution is 5.93. The fraction of sp³-hybridized carbons (Fsp3) is 0.133. The Bertz CT molecular complexity index is 863. The van der Waals surface area contributed by atoms with Gasteiger partial charge in [-0.3, -0.25) is 15.1 Å². The molecule has 0 fully saturated rings. The van der Waals surface area contributed by atoms with Gasteiger partial charge in [-0.25, -0.2) is 4.98 Å². The molecule has 3 rings (SSSR count). The third kappa shape index (κ3) is 2.86. The van der Waals surface area contributed by atoms with E-state index in [4.69, 9.17) is 4.74 Å². The number of rotatable bonds is 5. The van der Waals surface area contributed by atoms with E-state index in [2.05, 4.69) is 20.3 Å². The zero-order valence-electron chi connectivity index (χ0n) is 12.3. The molecule has 0 atom stereocenters. The molecule has 0 amide bonds. The second kappa shape index (κ2) is 6.22. The van der Waals surface area contributed by atoms with E-state index in [-0.39, 0.29) is 24.0 Å². The molecule has 0 unspecified atom stereocenters. The summed E-state index contributed by atoms with van der Waals surface area (Å²) in [4.78, 5) is 22.9. The highest BCUT2D eigenvalue weighted by Crippen LogP contribution is 2.34.